The molecule has 1 N–H and O–H groups in total. The maximum absolute atomic E-state index is 13.4. The average molecular weight is 268 g/mol. The van der Waals surface area contributed by atoms with E-state index in [1.54, 1.807) is 0 Å². The smallest absolute Gasteiger partial charge is 0.152 e. The summed E-state index contributed by atoms with van der Waals surface area (Å²) in [6, 6.07) is 3.20. The van der Waals surface area contributed by atoms with Gasteiger partial charge in [0.25, 0.3) is 0 Å². The minimum atomic E-state index is -0.925. The van der Waals surface area contributed by atoms with Gasteiger partial charge in [0.1, 0.15) is 11.5 Å². The molecular formula is C14H15F3N2. The van der Waals surface area contributed by atoms with Crippen molar-refractivity contribution in [2.24, 2.45) is 0 Å². The highest BCUT2D eigenvalue weighted by atomic mass is 19.1. The summed E-state index contributed by atoms with van der Waals surface area (Å²) in [5, 5.41) is 2.65. The first kappa shape index (κ1) is 13.5. The fourth-order valence-corrected chi connectivity index (χ4v) is 1.89. The number of aromatic nitrogens is 1. The lowest BCUT2D eigenvalue weighted by Crippen LogP contribution is -2.04. The molecule has 1 aromatic carbocycles. The van der Waals surface area contributed by atoms with Crippen LogP contribution in [0.15, 0.2) is 30.6 Å². The predicted molar refractivity (Wildman–Crippen MR) is 68.4 cm³/mol. The number of aryl methyl sites for hydroxylation is 1. The van der Waals surface area contributed by atoms with Gasteiger partial charge in [-0.1, -0.05) is 6.92 Å². The standard InChI is InChI=1S/C14H15F3N2/c1-2-4-19-5-3-10(9-19)8-18-14-12(16)6-11(15)7-13(14)17/h3,5-7,9,18H,2,4,8H2,1H3. The number of anilines is 1. The Morgan fingerprint density at radius 1 is 1.16 bits per heavy atom. The van der Waals surface area contributed by atoms with Crippen LogP contribution >= 0.6 is 0 Å². The number of benzene rings is 1. The Kier molecular flexibility index (Phi) is 4.14. The highest BCUT2D eigenvalue weighted by Crippen LogP contribution is 2.20. The largest absolute Gasteiger partial charge is 0.376 e. The van der Waals surface area contributed by atoms with Gasteiger partial charge in [-0.05, 0) is 18.1 Å². The molecule has 2 nitrogen and oxygen atoms in total. The Hall–Kier alpha value is -1.91. The third-order valence-corrected chi connectivity index (χ3v) is 2.77. The first-order valence-corrected chi connectivity index (χ1v) is 6.13. The number of hydrogen-bond donors (Lipinski definition) is 1. The lowest BCUT2D eigenvalue weighted by Gasteiger charge is -2.08. The molecule has 0 saturated carbocycles. The van der Waals surface area contributed by atoms with Crippen molar-refractivity contribution in [3.63, 3.8) is 0 Å². The highest BCUT2D eigenvalue weighted by molar-refractivity contribution is 5.46. The summed E-state index contributed by atoms with van der Waals surface area (Å²) in [7, 11) is 0. The van der Waals surface area contributed by atoms with E-state index in [4.69, 9.17) is 0 Å². The van der Waals surface area contributed by atoms with E-state index in [1.165, 1.54) is 0 Å². The second-order valence-electron chi connectivity index (χ2n) is 4.36. The summed E-state index contributed by atoms with van der Waals surface area (Å²) in [4.78, 5) is 0. The summed E-state index contributed by atoms with van der Waals surface area (Å²) in [5.41, 5.74) is 0.612. The first-order valence-electron chi connectivity index (χ1n) is 6.13. The monoisotopic (exact) mass is 268 g/mol. The van der Waals surface area contributed by atoms with Crippen LogP contribution in [0.25, 0.3) is 0 Å². The zero-order valence-corrected chi connectivity index (χ0v) is 10.6. The van der Waals surface area contributed by atoms with Crippen LogP contribution in [-0.2, 0) is 13.1 Å². The van der Waals surface area contributed by atoms with E-state index >= 15 is 0 Å². The zero-order valence-electron chi connectivity index (χ0n) is 10.6. The Morgan fingerprint density at radius 3 is 2.47 bits per heavy atom. The Morgan fingerprint density at radius 2 is 1.84 bits per heavy atom. The second kappa shape index (κ2) is 5.82. The van der Waals surface area contributed by atoms with Gasteiger partial charge in [-0.25, -0.2) is 13.2 Å². The fraction of sp³-hybridized carbons (Fsp3) is 0.286. The quantitative estimate of drug-likeness (QED) is 0.869. The van der Waals surface area contributed by atoms with E-state index in [0.717, 1.165) is 18.5 Å². The number of hydrogen-bond acceptors (Lipinski definition) is 1. The molecule has 2 aromatic rings. The maximum atomic E-state index is 13.4. The molecule has 0 aliphatic carbocycles. The average Bonchev–Trinajstić information content (AvgIpc) is 2.76. The molecule has 0 amide bonds. The van der Waals surface area contributed by atoms with Crippen molar-refractivity contribution >= 4 is 5.69 Å². The van der Waals surface area contributed by atoms with E-state index in [0.29, 0.717) is 12.1 Å². The van der Waals surface area contributed by atoms with Gasteiger partial charge < -0.3 is 9.88 Å². The van der Waals surface area contributed by atoms with Gasteiger partial charge in [0.2, 0.25) is 0 Å². The Balaban J connectivity index is 2.05. The van der Waals surface area contributed by atoms with Gasteiger partial charge in [-0.3, -0.25) is 0 Å². The third kappa shape index (κ3) is 3.30. The molecule has 0 atom stereocenters. The van der Waals surface area contributed by atoms with Crippen LogP contribution < -0.4 is 5.32 Å². The van der Waals surface area contributed by atoms with Crippen molar-refractivity contribution in [2.75, 3.05) is 5.32 Å². The molecule has 0 bridgehead atoms. The molecule has 0 fully saturated rings. The van der Waals surface area contributed by atoms with Crippen molar-refractivity contribution in [3.8, 4) is 0 Å². The summed E-state index contributed by atoms with van der Waals surface area (Å²) in [5.74, 6) is -2.77. The number of rotatable bonds is 5. The van der Waals surface area contributed by atoms with E-state index in [2.05, 4.69) is 12.2 Å². The minimum Gasteiger partial charge on any atom is -0.376 e. The SMILES string of the molecule is CCCn1ccc(CNc2c(F)cc(F)cc2F)c1. The van der Waals surface area contributed by atoms with E-state index in [9.17, 15) is 13.2 Å². The Bertz CT molecular complexity index is 541. The van der Waals surface area contributed by atoms with Crippen molar-refractivity contribution in [1.29, 1.82) is 0 Å². The topological polar surface area (TPSA) is 17.0 Å². The van der Waals surface area contributed by atoms with Gasteiger partial charge in [-0.15, -0.1) is 0 Å². The van der Waals surface area contributed by atoms with Crippen LogP contribution in [0, 0.1) is 17.5 Å². The van der Waals surface area contributed by atoms with E-state index < -0.39 is 17.5 Å². The molecular weight excluding hydrogens is 253 g/mol. The molecule has 102 valence electrons. The van der Waals surface area contributed by atoms with Gasteiger partial charge in [-0.2, -0.15) is 0 Å². The van der Waals surface area contributed by atoms with Gasteiger partial charge >= 0.3 is 0 Å². The van der Waals surface area contributed by atoms with Crippen LogP contribution in [0.4, 0.5) is 18.9 Å². The predicted octanol–water partition coefficient (Wildman–Crippen LogP) is 3.93. The van der Waals surface area contributed by atoms with Crippen molar-refractivity contribution in [1.82, 2.24) is 4.57 Å². The number of nitrogens with one attached hydrogen (secondary N) is 1. The highest BCUT2D eigenvalue weighted by Gasteiger charge is 2.11. The molecule has 0 aliphatic heterocycles. The third-order valence-electron chi connectivity index (χ3n) is 2.77. The van der Waals surface area contributed by atoms with Crippen LogP contribution in [0.2, 0.25) is 0 Å². The second-order valence-corrected chi connectivity index (χ2v) is 4.36. The van der Waals surface area contributed by atoms with Gasteiger partial charge in [0.05, 0.1) is 0 Å². The maximum Gasteiger partial charge on any atom is 0.152 e. The molecule has 0 saturated heterocycles. The van der Waals surface area contributed by atoms with E-state index in [1.807, 2.05) is 23.0 Å². The number of nitrogens with zero attached hydrogens (tertiary/aromatic N) is 1. The van der Waals surface area contributed by atoms with Crippen molar-refractivity contribution in [2.45, 2.75) is 26.4 Å². The summed E-state index contributed by atoms with van der Waals surface area (Å²) >= 11 is 0. The molecule has 0 aliphatic rings. The number of halogens is 3. The molecule has 5 heteroatoms. The van der Waals surface area contributed by atoms with Crippen LogP contribution in [-0.4, -0.2) is 4.57 Å². The fourth-order valence-electron chi connectivity index (χ4n) is 1.89. The first-order chi connectivity index (χ1) is 9.10. The van der Waals surface area contributed by atoms with Gasteiger partial charge in [0.15, 0.2) is 11.6 Å². The van der Waals surface area contributed by atoms with E-state index in [-0.39, 0.29) is 12.2 Å². The molecule has 1 aromatic heterocycles. The lowest BCUT2D eigenvalue weighted by molar-refractivity contribution is 0.547. The van der Waals surface area contributed by atoms with Crippen LogP contribution in [0.1, 0.15) is 18.9 Å². The molecule has 1 heterocycles. The lowest BCUT2D eigenvalue weighted by atomic mass is 10.2. The summed E-state index contributed by atoms with van der Waals surface area (Å²) in [6.07, 6.45) is 4.84. The molecule has 0 unspecified atom stereocenters. The van der Waals surface area contributed by atoms with Crippen molar-refractivity contribution in [3.05, 3.63) is 53.6 Å². The minimum absolute atomic E-state index is 0.288. The normalized spacial score (nSPS) is 10.7. The van der Waals surface area contributed by atoms with Crippen LogP contribution in [0.3, 0.4) is 0 Å². The molecule has 0 radical (unpaired) electrons. The molecule has 19 heavy (non-hydrogen) atoms. The Labute approximate surface area is 109 Å². The molecule has 2 rings (SSSR count). The zero-order chi connectivity index (χ0) is 13.8. The molecule has 0 spiro atoms. The van der Waals surface area contributed by atoms with Crippen LogP contribution in [0.5, 0.6) is 0 Å². The van der Waals surface area contributed by atoms with Gasteiger partial charge in [0, 0.05) is 37.6 Å². The van der Waals surface area contributed by atoms with Crippen molar-refractivity contribution < 1.29 is 13.2 Å². The summed E-state index contributed by atoms with van der Waals surface area (Å²) < 4.78 is 41.5. The summed E-state index contributed by atoms with van der Waals surface area (Å²) in [6.45, 7) is 3.26.